The molecule has 8 nitrogen and oxygen atoms in total. The summed E-state index contributed by atoms with van der Waals surface area (Å²) in [5.41, 5.74) is 4.04. The van der Waals surface area contributed by atoms with Crippen molar-refractivity contribution in [2.75, 3.05) is 0 Å². The van der Waals surface area contributed by atoms with Gasteiger partial charge in [0.2, 0.25) is 0 Å². The molecule has 2 atom stereocenters. The zero-order valence-electron chi connectivity index (χ0n) is 19.0. The molecule has 2 unspecified atom stereocenters. The number of nitrogens with one attached hydrogen (secondary N) is 1. The lowest BCUT2D eigenvalue weighted by molar-refractivity contribution is -0.143. The maximum Gasteiger partial charge on any atom is 0.307 e. The summed E-state index contributed by atoms with van der Waals surface area (Å²) >= 11 is 0. The number of carboxylic acids is 1. The molecule has 3 aromatic rings. The Balaban J connectivity index is 1.67. The van der Waals surface area contributed by atoms with Crippen LogP contribution in [0.4, 0.5) is 11.4 Å². The first-order chi connectivity index (χ1) is 15.8. The summed E-state index contributed by atoms with van der Waals surface area (Å²) in [6, 6.07) is 10.8. The van der Waals surface area contributed by atoms with Gasteiger partial charge in [-0.15, -0.1) is 10.2 Å². The molecule has 1 saturated carbocycles. The predicted molar refractivity (Wildman–Crippen MR) is 125 cm³/mol. The number of hydrogen-bond acceptors (Lipinski definition) is 5. The van der Waals surface area contributed by atoms with Crippen molar-refractivity contribution in [1.29, 1.82) is 0 Å². The molecule has 1 aliphatic rings. The summed E-state index contributed by atoms with van der Waals surface area (Å²) in [6.07, 6.45) is 3.07. The maximum atomic E-state index is 13.0. The van der Waals surface area contributed by atoms with Gasteiger partial charge in [0.05, 0.1) is 17.3 Å². The van der Waals surface area contributed by atoms with Gasteiger partial charge in [0.1, 0.15) is 11.4 Å². The Morgan fingerprint density at radius 1 is 1.06 bits per heavy atom. The number of azo groups is 1. The molecule has 1 heterocycles. The first kappa shape index (κ1) is 22.5. The van der Waals surface area contributed by atoms with Gasteiger partial charge >= 0.3 is 5.97 Å². The van der Waals surface area contributed by atoms with Crippen molar-refractivity contribution in [2.45, 2.75) is 52.4 Å². The third kappa shape index (κ3) is 4.33. The van der Waals surface area contributed by atoms with Crippen molar-refractivity contribution >= 4 is 17.3 Å². The van der Waals surface area contributed by atoms with E-state index in [9.17, 15) is 19.8 Å². The molecule has 33 heavy (non-hydrogen) atoms. The number of aryl methyl sites for hydroxylation is 3. The molecule has 0 bridgehead atoms. The highest BCUT2D eigenvalue weighted by Crippen LogP contribution is 2.44. The maximum absolute atomic E-state index is 13.0. The van der Waals surface area contributed by atoms with E-state index in [1.807, 2.05) is 32.0 Å². The van der Waals surface area contributed by atoms with Crippen LogP contribution in [0.5, 0.6) is 5.75 Å². The van der Waals surface area contributed by atoms with Crippen molar-refractivity contribution < 1.29 is 15.0 Å². The zero-order chi connectivity index (χ0) is 23.7. The van der Waals surface area contributed by atoms with Gasteiger partial charge in [0.15, 0.2) is 5.69 Å². The highest BCUT2D eigenvalue weighted by atomic mass is 16.4. The van der Waals surface area contributed by atoms with Crippen LogP contribution in [0.15, 0.2) is 51.4 Å². The van der Waals surface area contributed by atoms with Crippen LogP contribution in [0.3, 0.4) is 0 Å². The van der Waals surface area contributed by atoms with Crippen LogP contribution in [-0.4, -0.2) is 26.0 Å². The molecular weight excluding hydrogens is 420 g/mol. The van der Waals surface area contributed by atoms with E-state index in [0.29, 0.717) is 29.8 Å². The van der Waals surface area contributed by atoms with Gasteiger partial charge in [-0.3, -0.25) is 14.7 Å². The second-order valence-electron chi connectivity index (χ2n) is 8.75. The van der Waals surface area contributed by atoms with E-state index < -0.39 is 11.9 Å². The van der Waals surface area contributed by atoms with Crippen LogP contribution in [0.25, 0.3) is 5.69 Å². The number of carboxylic acid groups (broad SMARTS) is 1. The number of aromatic nitrogens is 2. The van der Waals surface area contributed by atoms with Crippen LogP contribution in [0.1, 0.15) is 54.0 Å². The quantitative estimate of drug-likeness (QED) is 0.442. The SMILES string of the molecule is Cc1ccc(-n2[nH]c(C)c(N=Nc3cccc(C4CCCCC4C(=O)O)c3O)c2=O)cc1C. The molecule has 0 radical (unpaired) electrons. The summed E-state index contributed by atoms with van der Waals surface area (Å²) in [6.45, 7) is 5.73. The number of aliphatic carboxylic acids is 1. The lowest BCUT2D eigenvalue weighted by Crippen LogP contribution is -2.25. The number of H-pyrrole nitrogens is 1. The second kappa shape index (κ2) is 9.05. The molecule has 2 aromatic carbocycles. The normalized spacial score (nSPS) is 18.6. The van der Waals surface area contributed by atoms with Crippen LogP contribution in [-0.2, 0) is 4.79 Å². The van der Waals surface area contributed by atoms with Crippen molar-refractivity contribution in [1.82, 2.24) is 9.78 Å². The van der Waals surface area contributed by atoms with Gasteiger partial charge in [-0.1, -0.05) is 31.0 Å². The van der Waals surface area contributed by atoms with E-state index in [-0.39, 0.29) is 28.6 Å². The number of para-hydroxylation sites is 1. The molecule has 1 aliphatic carbocycles. The monoisotopic (exact) mass is 448 g/mol. The molecule has 3 N–H and O–H groups in total. The van der Waals surface area contributed by atoms with Gasteiger partial charge in [-0.25, -0.2) is 4.68 Å². The smallest absolute Gasteiger partial charge is 0.307 e. The summed E-state index contributed by atoms with van der Waals surface area (Å²) in [4.78, 5) is 24.7. The third-order valence-corrected chi connectivity index (χ3v) is 6.58. The van der Waals surface area contributed by atoms with Crippen LogP contribution < -0.4 is 5.56 Å². The fourth-order valence-corrected chi connectivity index (χ4v) is 4.53. The number of rotatable bonds is 5. The first-order valence-corrected chi connectivity index (χ1v) is 11.1. The lowest BCUT2D eigenvalue weighted by atomic mass is 9.75. The van der Waals surface area contributed by atoms with Gasteiger partial charge in [0.25, 0.3) is 5.56 Å². The number of hydrogen-bond donors (Lipinski definition) is 3. The summed E-state index contributed by atoms with van der Waals surface area (Å²) in [7, 11) is 0. The standard InChI is InChI=1S/C25H28N4O4/c1-14-11-12-17(13-15(14)2)29-24(31)22(16(3)28-29)27-26-21-10-6-9-19(23(21)30)18-7-4-5-8-20(18)25(32)33/h6,9-13,18,20,28,30H,4-5,7-8H2,1-3H3,(H,32,33). The second-order valence-corrected chi connectivity index (χ2v) is 8.75. The lowest BCUT2D eigenvalue weighted by Gasteiger charge is -2.29. The molecule has 8 heteroatoms. The number of benzene rings is 2. The third-order valence-electron chi connectivity index (χ3n) is 6.58. The van der Waals surface area contributed by atoms with E-state index in [4.69, 9.17) is 0 Å². The minimum Gasteiger partial charge on any atom is -0.505 e. The predicted octanol–water partition coefficient (Wildman–Crippen LogP) is 5.57. The summed E-state index contributed by atoms with van der Waals surface area (Å²) in [5.74, 6) is -1.74. The minimum atomic E-state index is -0.846. The molecule has 4 rings (SSSR count). The fraction of sp³-hybridized carbons (Fsp3) is 0.360. The average molecular weight is 449 g/mol. The van der Waals surface area contributed by atoms with E-state index in [1.165, 1.54) is 4.68 Å². The largest absolute Gasteiger partial charge is 0.505 e. The van der Waals surface area contributed by atoms with E-state index >= 15 is 0 Å². The fourth-order valence-electron chi connectivity index (χ4n) is 4.53. The number of phenols is 1. The molecule has 172 valence electrons. The Hall–Kier alpha value is -3.68. The minimum absolute atomic E-state index is 0.0814. The molecule has 0 aliphatic heterocycles. The van der Waals surface area contributed by atoms with E-state index in [0.717, 1.165) is 24.0 Å². The van der Waals surface area contributed by atoms with Gasteiger partial charge in [-0.2, -0.15) is 0 Å². The van der Waals surface area contributed by atoms with E-state index in [1.54, 1.807) is 25.1 Å². The van der Waals surface area contributed by atoms with E-state index in [2.05, 4.69) is 15.3 Å². The summed E-state index contributed by atoms with van der Waals surface area (Å²) in [5, 5.41) is 31.8. The Kier molecular flexibility index (Phi) is 6.18. The van der Waals surface area contributed by atoms with Gasteiger partial charge in [-0.05, 0) is 62.9 Å². The van der Waals surface area contributed by atoms with Gasteiger partial charge < -0.3 is 10.2 Å². The topological polar surface area (TPSA) is 120 Å². The first-order valence-electron chi connectivity index (χ1n) is 11.1. The number of phenolic OH excluding ortho intramolecular Hbond substituents is 1. The van der Waals surface area contributed by atoms with Crippen molar-refractivity contribution in [3.8, 4) is 11.4 Å². The number of carbonyl (C=O) groups is 1. The van der Waals surface area contributed by atoms with Crippen LogP contribution in [0, 0.1) is 26.7 Å². The highest BCUT2D eigenvalue weighted by molar-refractivity contribution is 5.72. The number of nitrogens with zero attached hydrogens (tertiary/aromatic N) is 3. The Morgan fingerprint density at radius 2 is 1.82 bits per heavy atom. The van der Waals surface area contributed by atoms with Crippen LogP contribution >= 0.6 is 0 Å². The van der Waals surface area contributed by atoms with Crippen molar-refractivity contribution in [2.24, 2.45) is 16.1 Å². The Morgan fingerprint density at radius 3 is 2.55 bits per heavy atom. The molecule has 0 amide bonds. The van der Waals surface area contributed by atoms with Crippen molar-refractivity contribution in [3.63, 3.8) is 0 Å². The number of aromatic amines is 1. The van der Waals surface area contributed by atoms with Crippen LogP contribution in [0.2, 0.25) is 0 Å². The molecular formula is C25H28N4O4. The summed E-state index contributed by atoms with van der Waals surface area (Å²) < 4.78 is 1.42. The van der Waals surface area contributed by atoms with Crippen molar-refractivity contribution in [3.05, 3.63) is 69.1 Å². The average Bonchev–Trinajstić information content (AvgIpc) is 3.08. The molecule has 1 aromatic heterocycles. The number of aromatic hydroxyl groups is 1. The molecule has 0 spiro atoms. The molecule has 1 fully saturated rings. The Labute approximate surface area is 191 Å². The van der Waals surface area contributed by atoms with Gasteiger partial charge in [0, 0.05) is 11.5 Å². The zero-order valence-corrected chi connectivity index (χ0v) is 19.0. The highest BCUT2D eigenvalue weighted by Gasteiger charge is 2.33. The Bertz CT molecular complexity index is 1290. The molecule has 0 saturated heterocycles.